The summed E-state index contributed by atoms with van der Waals surface area (Å²) in [6.07, 6.45) is 0.714. The summed E-state index contributed by atoms with van der Waals surface area (Å²) in [4.78, 5) is 4.24. The molecule has 0 aliphatic rings. The van der Waals surface area contributed by atoms with Gasteiger partial charge in [-0.1, -0.05) is 12.1 Å². The van der Waals surface area contributed by atoms with Crippen molar-refractivity contribution in [2.45, 2.75) is 13.3 Å². The number of ether oxygens (including phenoxy) is 1. The summed E-state index contributed by atoms with van der Waals surface area (Å²) >= 11 is 0. The Balaban J connectivity index is 2.03. The summed E-state index contributed by atoms with van der Waals surface area (Å²) in [6.45, 7) is 2.82. The lowest BCUT2D eigenvalue weighted by atomic mass is 10.1. The molecule has 0 radical (unpaired) electrons. The average molecular weight is 300 g/mol. The molecule has 0 saturated heterocycles. The van der Waals surface area contributed by atoms with Gasteiger partial charge >= 0.3 is 0 Å². The number of nitriles is 1. The molecule has 0 saturated carbocycles. The van der Waals surface area contributed by atoms with Crippen LogP contribution in [0.1, 0.15) is 18.1 Å². The second kappa shape index (κ2) is 7.27. The van der Waals surface area contributed by atoms with Crippen LogP contribution >= 0.6 is 0 Å². The summed E-state index contributed by atoms with van der Waals surface area (Å²) in [7, 11) is 0. The van der Waals surface area contributed by atoms with Crippen molar-refractivity contribution in [2.24, 2.45) is 0 Å². The Hall–Kier alpha value is -2.81. The van der Waals surface area contributed by atoms with E-state index in [-0.39, 0.29) is 17.3 Å². The van der Waals surface area contributed by atoms with Crippen molar-refractivity contribution in [3.63, 3.8) is 0 Å². The van der Waals surface area contributed by atoms with Crippen molar-refractivity contribution < 1.29 is 9.13 Å². The van der Waals surface area contributed by atoms with E-state index in [1.165, 1.54) is 12.1 Å². The number of nitrogens with two attached hydrogens (primary N) is 1. The molecule has 2 aromatic rings. The number of halogens is 1. The maximum Gasteiger partial charge on any atom is 0.235 e. The van der Waals surface area contributed by atoms with E-state index in [1.54, 1.807) is 18.2 Å². The van der Waals surface area contributed by atoms with Gasteiger partial charge in [-0.05, 0) is 31.0 Å². The normalized spacial score (nSPS) is 10.0. The molecule has 1 aromatic carbocycles. The van der Waals surface area contributed by atoms with Gasteiger partial charge in [-0.3, -0.25) is 0 Å². The topological polar surface area (TPSA) is 84.0 Å². The zero-order valence-electron chi connectivity index (χ0n) is 12.3. The predicted octanol–water partition coefficient (Wildman–Crippen LogP) is 2.73. The molecule has 0 aliphatic heterocycles. The van der Waals surface area contributed by atoms with Crippen molar-refractivity contribution >= 4 is 11.5 Å². The molecule has 0 aliphatic carbocycles. The highest BCUT2D eigenvalue weighted by Gasteiger charge is 2.11. The number of pyridine rings is 1. The van der Waals surface area contributed by atoms with E-state index in [9.17, 15) is 4.39 Å². The van der Waals surface area contributed by atoms with Crippen LogP contribution in [-0.4, -0.2) is 18.1 Å². The van der Waals surface area contributed by atoms with E-state index in [4.69, 9.17) is 15.7 Å². The van der Waals surface area contributed by atoms with Crippen LogP contribution in [0.3, 0.4) is 0 Å². The smallest absolute Gasteiger partial charge is 0.235 e. The molecule has 1 heterocycles. The van der Waals surface area contributed by atoms with Crippen LogP contribution in [0.15, 0.2) is 30.3 Å². The zero-order valence-corrected chi connectivity index (χ0v) is 12.3. The molecule has 0 fully saturated rings. The molecule has 6 heteroatoms. The van der Waals surface area contributed by atoms with Crippen molar-refractivity contribution in [3.05, 3.63) is 47.3 Å². The van der Waals surface area contributed by atoms with Crippen molar-refractivity contribution in [1.82, 2.24) is 4.98 Å². The summed E-state index contributed by atoms with van der Waals surface area (Å²) < 4.78 is 18.2. The molecule has 22 heavy (non-hydrogen) atoms. The molecular formula is C16H17FN4O. The molecule has 114 valence electrons. The summed E-state index contributed by atoms with van der Waals surface area (Å²) in [5.41, 5.74) is 7.42. The zero-order chi connectivity index (χ0) is 15.9. The average Bonchev–Trinajstić information content (AvgIpc) is 2.49. The lowest BCUT2D eigenvalue weighted by Crippen LogP contribution is -2.09. The summed E-state index contributed by atoms with van der Waals surface area (Å²) in [5.74, 6) is 0.524. The Morgan fingerprint density at radius 3 is 2.73 bits per heavy atom. The van der Waals surface area contributed by atoms with Crippen molar-refractivity contribution in [1.29, 1.82) is 5.26 Å². The molecule has 5 nitrogen and oxygen atoms in total. The number of nitrogens with zero attached hydrogens (tertiary/aromatic N) is 2. The Bertz CT molecular complexity index is 680. The van der Waals surface area contributed by atoms with Crippen LogP contribution in [0.4, 0.5) is 15.9 Å². The molecule has 0 atom stereocenters. The number of benzene rings is 1. The second-order valence-corrected chi connectivity index (χ2v) is 4.62. The number of aromatic nitrogens is 1. The number of anilines is 2. The molecule has 0 bridgehead atoms. The molecule has 0 unspecified atom stereocenters. The Morgan fingerprint density at radius 2 is 2.09 bits per heavy atom. The molecule has 0 amide bonds. The van der Waals surface area contributed by atoms with Gasteiger partial charge in [0.15, 0.2) is 0 Å². The first kappa shape index (κ1) is 15.6. The van der Waals surface area contributed by atoms with Gasteiger partial charge in [-0.25, -0.2) is 4.39 Å². The lowest BCUT2D eigenvalue weighted by molar-refractivity contribution is 0.326. The fourth-order valence-corrected chi connectivity index (χ4v) is 1.97. The number of rotatable bonds is 6. The number of hydrogen-bond acceptors (Lipinski definition) is 5. The third kappa shape index (κ3) is 3.85. The van der Waals surface area contributed by atoms with Crippen LogP contribution in [0.25, 0.3) is 0 Å². The largest absolute Gasteiger partial charge is 0.477 e. The van der Waals surface area contributed by atoms with Gasteiger partial charge in [0.1, 0.15) is 23.3 Å². The maximum atomic E-state index is 12.8. The quantitative estimate of drug-likeness (QED) is 0.857. The van der Waals surface area contributed by atoms with Crippen LogP contribution in [-0.2, 0) is 6.42 Å². The van der Waals surface area contributed by atoms with Crippen LogP contribution in [0, 0.1) is 17.1 Å². The summed E-state index contributed by atoms with van der Waals surface area (Å²) in [6, 6.07) is 9.93. The van der Waals surface area contributed by atoms with E-state index >= 15 is 0 Å². The van der Waals surface area contributed by atoms with E-state index in [2.05, 4.69) is 10.3 Å². The molecular weight excluding hydrogens is 283 g/mol. The number of nitrogen functional groups attached to an aromatic ring is 1. The van der Waals surface area contributed by atoms with Gasteiger partial charge < -0.3 is 15.8 Å². The van der Waals surface area contributed by atoms with Crippen molar-refractivity contribution in [2.75, 3.05) is 24.2 Å². The first-order valence-electron chi connectivity index (χ1n) is 6.95. The minimum atomic E-state index is -0.250. The van der Waals surface area contributed by atoms with E-state index in [0.717, 1.165) is 5.56 Å². The highest BCUT2D eigenvalue weighted by molar-refractivity contribution is 5.64. The molecule has 1 aromatic heterocycles. The fraction of sp³-hybridized carbons (Fsp3) is 0.250. The van der Waals surface area contributed by atoms with Crippen molar-refractivity contribution in [3.8, 4) is 11.9 Å². The van der Waals surface area contributed by atoms with E-state index < -0.39 is 0 Å². The van der Waals surface area contributed by atoms with Gasteiger partial charge in [0.2, 0.25) is 5.88 Å². The van der Waals surface area contributed by atoms with Gasteiger partial charge in [-0.2, -0.15) is 10.2 Å². The van der Waals surface area contributed by atoms with Gasteiger partial charge in [-0.15, -0.1) is 0 Å². The Kier molecular flexibility index (Phi) is 5.15. The SMILES string of the molecule is CCOc1nc(NCCc2ccc(F)cc2)cc(N)c1C#N. The highest BCUT2D eigenvalue weighted by atomic mass is 19.1. The van der Waals surface area contributed by atoms with Gasteiger partial charge in [0.25, 0.3) is 0 Å². The maximum absolute atomic E-state index is 12.8. The molecule has 2 rings (SSSR count). The summed E-state index contributed by atoms with van der Waals surface area (Å²) in [5, 5.41) is 12.2. The Labute approximate surface area is 128 Å². The minimum Gasteiger partial charge on any atom is -0.477 e. The van der Waals surface area contributed by atoms with Crippen LogP contribution in [0.2, 0.25) is 0 Å². The first-order chi connectivity index (χ1) is 10.6. The lowest BCUT2D eigenvalue weighted by Gasteiger charge is -2.11. The monoisotopic (exact) mass is 300 g/mol. The van der Waals surface area contributed by atoms with E-state index in [1.807, 2.05) is 13.0 Å². The van der Waals surface area contributed by atoms with Crippen LogP contribution < -0.4 is 15.8 Å². The highest BCUT2D eigenvalue weighted by Crippen LogP contribution is 2.24. The molecule has 0 spiro atoms. The first-order valence-corrected chi connectivity index (χ1v) is 6.95. The minimum absolute atomic E-state index is 0.231. The third-order valence-electron chi connectivity index (χ3n) is 3.04. The standard InChI is InChI=1S/C16H17FN4O/c1-2-22-16-13(10-18)14(19)9-15(21-16)20-8-7-11-3-5-12(17)6-4-11/h3-6,9H,2,7-8H2,1H3,(H3,19,20,21). The van der Waals surface area contributed by atoms with Crippen LogP contribution in [0.5, 0.6) is 5.88 Å². The molecule has 3 N–H and O–H groups in total. The number of hydrogen-bond donors (Lipinski definition) is 2. The Morgan fingerprint density at radius 1 is 1.36 bits per heavy atom. The second-order valence-electron chi connectivity index (χ2n) is 4.62. The van der Waals surface area contributed by atoms with Gasteiger partial charge in [0.05, 0.1) is 12.3 Å². The van der Waals surface area contributed by atoms with Gasteiger partial charge in [0, 0.05) is 12.6 Å². The van der Waals surface area contributed by atoms with E-state index in [0.29, 0.717) is 31.1 Å². The predicted molar refractivity (Wildman–Crippen MR) is 83.1 cm³/mol. The fourth-order valence-electron chi connectivity index (χ4n) is 1.97. The third-order valence-corrected chi connectivity index (χ3v) is 3.04. The number of nitrogens with one attached hydrogen (secondary N) is 1.